The van der Waals surface area contributed by atoms with Crippen LogP contribution in [0.25, 0.3) is 0 Å². The Hall–Kier alpha value is -1.72. The van der Waals surface area contributed by atoms with Crippen molar-refractivity contribution in [1.82, 2.24) is 9.88 Å². The minimum atomic E-state index is -0.508. The van der Waals surface area contributed by atoms with Crippen molar-refractivity contribution in [2.45, 2.75) is 19.0 Å². The number of likely N-dealkylation sites (N-methyl/N-ethyl adjacent to an activating group) is 1. The van der Waals surface area contributed by atoms with Crippen LogP contribution in [0.15, 0.2) is 41.2 Å². The molecule has 0 fully saturated rings. The minimum Gasteiger partial charge on any atom is -0.338 e. The molecular formula is C14H17N3OS. The first-order valence-electron chi connectivity index (χ1n) is 6.08. The van der Waals surface area contributed by atoms with E-state index in [0.29, 0.717) is 13.0 Å². The predicted molar refractivity (Wildman–Crippen MR) is 76.7 cm³/mol. The summed E-state index contributed by atoms with van der Waals surface area (Å²) in [5, 5.41) is 1.94. The van der Waals surface area contributed by atoms with Gasteiger partial charge in [0.25, 0.3) is 0 Å². The maximum Gasteiger partial charge on any atom is 0.239 e. The van der Waals surface area contributed by atoms with Gasteiger partial charge in [0.2, 0.25) is 5.91 Å². The molecule has 2 N–H and O–H groups in total. The fourth-order valence-corrected chi connectivity index (χ4v) is 2.42. The first-order chi connectivity index (χ1) is 9.16. The Labute approximate surface area is 116 Å². The van der Waals surface area contributed by atoms with Gasteiger partial charge in [0.05, 0.1) is 23.8 Å². The molecule has 0 bridgehead atoms. The van der Waals surface area contributed by atoms with Gasteiger partial charge in [-0.1, -0.05) is 30.3 Å². The molecule has 0 aliphatic carbocycles. The fraction of sp³-hybridized carbons (Fsp3) is 0.286. The zero-order valence-electron chi connectivity index (χ0n) is 10.8. The minimum absolute atomic E-state index is 0.0585. The number of aromatic nitrogens is 1. The molecule has 0 radical (unpaired) electrons. The van der Waals surface area contributed by atoms with E-state index in [9.17, 15) is 4.79 Å². The summed E-state index contributed by atoms with van der Waals surface area (Å²) in [6, 6.07) is 9.30. The van der Waals surface area contributed by atoms with E-state index in [1.165, 1.54) is 11.3 Å². The molecule has 1 heterocycles. The number of rotatable bonds is 5. The van der Waals surface area contributed by atoms with Gasteiger partial charge in [-0.05, 0) is 12.0 Å². The molecule has 1 aromatic heterocycles. The highest BCUT2D eigenvalue weighted by atomic mass is 32.1. The quantitative estimate of drug-likeness (QED) is 0.903. The lowest BCUT2D eigenvalue weighted by Gasteiger charge is -2.20. The van der Waals surface area contributed by atoms with Gasteiger partial charge < -0.3 is 10.6 Å². The van der Waals surface area contributed by atoms with Crippen molar-refractivity contribution >= 4 is 17.2 Å². The number of thiazole rings is 1. The third-order valence-electron chi connectivity index (χ3n) is 2.87. The number of benzene rings is 1. The van der Waals surface area contributed by atoms with Crippen molar-refractivity contribution in [2.24, 2.45) is 5.73 Å². The zero-order chi connectivity index (χ0) is 13.7. The largest absolute Gasteiger partial charge is 0.338 e. The third kappa shape index (κ3) is 3.87. The van der Waals surface area contributed by atoms with Gasteiger partial charge in [-0.15, -0.1) is 11.3 Å². The Morgan fingerprint density at radius 3 is 2.79 bits per heavy atom. The average molecular weight is 275 g/mol. The van der Waals surface area contributed by atoms with Gasteiger partial charge in [0.15, 0.2) is 0 Å². The number of nitrogens with two attached hydrogens (primary N) is 1. The molecule has 1 atom stereocenters. The van der Waals surface area contributed by atoms with Crippen molar-refractivity contribution in [1.29, 1.82) is 0 Å². The number of amides is 1. The molecule has 1 aromatic carbocycles. The van der Waals surface area contributed by atoms with E-state index in [4.69, 9.17) is 5.73 Å². The average Bonchev–Trinajstić information content (AvgIpc) is 2.91. The van der Waals surface area contributed by atoms with Crippen LogP contribution in [0.1, 0.15) is 11.3 Å². The van der Waals surface area contributed by atoms with Crippen molar-refractivity contribution in [3.05, 3.63) is 52.5 Å². The van der Waals surface area contributed by atoms with Crippen molar-refractivity contribution in [2.75, 3.05) is 7.05 Å². The zero-order valence-corrected chi connectivity index (χ0v) is 11.6. The summed E-state index contributed by atoms with van der Waals surface area (Å²) < 4.78 is 0. The highest BCUT2D eigenvalue weighted by Crippen LogP contribution is 2.07. The smallest absolute Gasteiger partial charge is 0.239 e. The van der Waals surface area contributed by atoms with E-state index < -0.39 is 6.04 Å². The van der Waals surface area contributed by atoms with Gasteiger partial charge in [0, 0.05) is 12.4 Å². The normalized spacial score (nSPS) is 12.1. The Morgan fingerprint density at radius 2 is 2.16 bits per heavy atom. The number of nitrogens with zero attached hydrogens (tertiary/aromatic N) is 2. The van der Waals surface area contributed by atoms with E-state index in [-0.39, 0.29) is 5.91 Å². The van der Waals surface area contributed by atoms with Crippen LogP contribution in [-0.2, 0) is 17.8 Å². The topological polar surface area (TPSA) is 59.2 Å². The lowest BCUT2D eigenvalue weighted by atomic mass is 10.1. The standard InChI is InChI=1S/C14H17N3OS/c1-17(8-12-9-19-10-16-12)14(18)13(15)7-11-5-3-2-4-6-11/h2-6,9-10,13H,7-8,15H2,1H3. The summed E-state index contributed by atoms with van der Waals surface area (Å²) in [7, 11) is 1.76. The molecule has 5 heteroatoms. The van der Waals surface area contributed by atoms with Crippen LogP contribution < -0.4 is 5.73 Å². The molecule has 0 spiro atoms. The summed E-state index contributed by atoms with van der Waals surface area (Å²) in [5.41, 5.74) is 9.70. The molecule has 4 nitrogen and oxygen atoms in total. The molecule has 1 amide bonds. The second kappa shape index (κ2) is 6.45. The van der Waals surface area contributed by atoms with Gasteiger partial charge in [-0.3, -0.25) is 4.79 Å². The van der Waals surface area contributed by atoms with E-state index in [1.54, 1.807) is 17.5 Å². The second-order valence-corrected chi connectivity index (χ2v) is 5.19. The van der Waals surface area contributed by atoms with Crippen LogP contribution in [0.2, 0.25) is 0 Å². The molecule has 2 rings (SSSR count). The van der Waals surface area contributed by atoms with Gasteiger partial charge in [-0.25, -0.2) is 4.98 Å². The molecule has 0 saturated heterocycles. The van der Waals surface area contributed by atoms with Crippen LogP contribution in [0.3, 0.4) is 0 Å². The first kappa shape index (κ1) is 13.7. The van der Waals surface area contributed by atoms with E-state index in [1.807, 2.05) is 35.7 Å². The summed E-state index contributed by atoms with van der Waals surface area (Å²) in [4.78, 5) is 17.9. The van der Waals surface area contributed by atoms with Crippen LogP contribution in [0.5, 0.6) is 0 Å². The highest BCUT2D eigenvalue weighted by molar-refractivity contribution is 7.07. The van der Waals surface area contributed by atoms with Crippen LogP contribution in [0.4, 0.5) is 0 Å². The molecule has 100 valence electrons. The highest BCUT2D eigenvalue weighted by Gasteiger charge is 2.18. The van der Waals surface area contributed by atoms with E-state index >= 15 is 0 Å². The van der Waals surface area contributed by atoms with Crippen molar-refractivity contribution in [3.63, 3.8) is 0 Å². The third-order valence-corrected chi connectivity index (χ3v) is 3.51. The molecule has 0 saturated carbocycles. The maximum atomic E-state index is 12.2. The van der Waals surface area contributed by atoms with Crippen LogP contribution >= 0.6 is 11.3 Å². The summed E-state index contributed by atoms with van der Waals surface area (Å²) >= 11 is 1.52. The maximum absolute atomic E-state index is 12.2. The number of carbonyl (C=O) groups excluding carboxylic acids is 1. The molecule has 19 heavy (non-hydrogen) atoms. The summed E-state index contributed by atoms with van der Waals surface area (Å²) in [6.07, 6.45) is 0.557. The molecule has 0 aliphatic rings. The Kier molecular flexibility index (Phi) is 4.65. The van der Waals surface area contributed by atoms with E-state index in [0.717, 1.165) is 11.3 Å². The van der Waals surface area contributed by atoms with Crippen LogP contribution in [-0.4, -0.2) is 28.9 Å². The molecule has 0 aliphatic heterocycles. The first-order valence-corrected chi connectivity index (χ1v) is 7.02. The van der Waals surface area contributed by atoms with Gasteiger partial charge in [0.1, 0.15) is 0 Å². The SMILES string of the molecule is CN(Cc1cscn1)C(=O)C(N)Cc1ccccc1. The molecule has 1 unspecified atom stereocenters. The lowest BCUT2D eigenvalue weighted by molar-refractivity contribution is -0.131. The number of hydrogen-bond acceptors (Lipinski definition) is 4. The van der Waals surface area contributed by atoms with Gasteiger partial charge in [-0.2, -0.15) is 0 Å². The Bertz CT molecular complexity index is 513. The molecule has 2 aromatic rings. The van der Waals surface area contributed by atoms with Gasteiger partial charge >= 0.3 is 0 Å². The second-order valence-electron chi connectivity index (χ2n) is 4.47. The fourth-order valence-electron chi connectivity index (χ4n) is 1.87. The summed E-state index contributed by atoms with van der Waals surface area (Å²) in [6.45, 7) is 0.505. The Morgan fingerprint density at radius 1 is 1.42 bits per heavy atom. The van der Waals surface area contributed by atoms with Crippen molar-refractivity contribution in [3.8, 4) is 0 Å². The molecular weight excluding hydrogens is 258 g/mol. The van der Waals surface area contributed by atoms with Crippen molar-refractivity contribution < 1.29 is 4.79 Å². The predicted octanol–water partition coefficient (Wildman–Crippen LogP) is 1.67. The number of hydrogen-bond donors (Lipinski definition) is 1. The monoisotopic (exact) mass is 275 g/mol. The Balaban J connectivity index is 1.91. The lowest BCUT2D eigenvalue weighted by Crippen LogP contribution is -2.42. The van der Waals surface area contributed by atoms with E-state index in [2.05, 4.69) is 4.98 Å². The number of carbonyl (C=O) groups is 1. The summed E-state index contributed by atoms with van der Waals surface area (Å²) in [5.74, 6) is -0.0585. The van der Waals surface area contributed by atoms with Crippen LogP contribution in [0, 0.1) is 0 Å².